The average molecular weight is 967 g/mol. The number of likely N-dealkylation sites (tertiary alicyclic amines) is 1. The highest BCUT2D eigenvalue weighted by atomic mass is 32.1. The number of carbonyl (C=O) groups is 4. The number of hydrogen-bond donors (Lipinski definition) is 3. The number of nitrogens with one attached hydrogen (secondary N) is 2. The normalized spacial score (nSPS) is 20.5. The van der Waals surface area contributed by atoms with Crippen molar-refractivity contribution in [3.63, 3.8) is 0 Å². The van der Waals surface area contributed by atoms with E-state index in [1.54, 1.807) is 22.7 Å². The number of fused-ring (bicyclic) bond motifs is 3. The summed E-state index contributed by atoms with van der Waals surface area (Å²) in [4.78, 5) is 68.0. The van der Waals surface area contributed by atoms with Crippen LogP contribution in [0.25, 0.3) is 26.6 Å². The fourth-order valence-corrected chi connectivity index (χ4v) is 11.7. The Bertz CT molecular complexity index is 2970. The first-order valence-corrected chi connectivity index (χ1v) is 25.1. The van der Waals surface area contributed by atoms with Crippen molar-refractivity contribution in [2.45, 2.75) is 111 Å². The zero-order valence-corrected chi connectivity index (χ0v) is 42.0. The maximum Gasteiger partial charge on any atom is 0.308 e. The molecule has 69 heavy (non-hydrogen) atoms. The Morgan fingerprint density at radius 3 is 2.14 bits per heavy atom. The molecule has 9 rings (SSSR count). The smallest absolute Gasteiger partial charge is 0.308 e. The number of aliphatic imine (C=N–C) groups is 1. The van der Waals surface area contributed by atoms with Crippen molar-refractivity contribution in [1.82, 2.24) is 35.3 Å². The summed E-state index contributed by atoms with van der Waals surface area (Å²) in [5.41, 5.74) is 11.0. The van der Waals surface area contributed by atoms with Crippen LogP contribution in [0.15, 0.2) is 83.3 Å². The Labute approximate surface area is 410 Å². The van der Waals surface area contributed by atoms with Crippen LogP contribution in [0, 0.1) is 39.0 Å². The maximum absolute atomic E-state index is 14.4. The molecule has 0 bridgehead atoms. The molecule has 2 fully saturated rings. The molecule has 1 saturated carbocycles. The second-order valence-electron chi connectivity index (χ2n) is 19.6. The average Bonchev–Trinajstić information content (AvgIpc) is 3.48. The Hall–Kier alpha value is -6.36. The first-order valence-electron chi connectivity index (χ1n) is 23.4. The summed E-state index contributed by atoms with van der Waals surface area (Å²) in [5.74, 6) is -0.295. The van der Waals surface area contributed by atoms with Gasteiger partial charge in [0.2, 0.25) is 17.7 Å². The molecule has 7 atom stereocenters. The number of β-amino-alcohol motifs (C(OH)–C–C–N with tert-alkyl or cyclic N) is 1. The maximum atomic E-state index is 14.4. The molecule has 6 aromatic rings. The number of rotatable bonds is 12. The Kier molecular flexibility index (Phi) is 13.0. The SMILES string of the molecule is COC(=O)C[C@@H]1N=C(c2ccc(-c3ccc([C@H]4C[C@H]4C(=O)N[C@H](C(=O)N4C[C@H](O)C[C@H]4C(=O)N[C@@H](C)c4ccc(-c5scnc5C)cc4)C(C)(C)C)cc3)cc2)c2c(sc(C)c2C)-n2c(C)nnc21. The highest BCUT2D eigenvalue weighted by Crippen LogP contribution is 2.48. The Morgan fingerprint density at radius 2 is 1.51 bits per heavy atom. The van der Waals surface area contributed by atoms with Crippen molar-refractivity contribution < 1.29 is 29.0 Å². The van der Waals surface area contributed by atoms with Crippen LogP contribution in [0.2, 0.25) is 0 Å². The van der Waals surface area contributed by atoms with Gasteiger partial charge in [-0.25, -0.2) is 4.98 Å². The first-order chi connectivity index (χ1) is 32.9. The lowest BCUT2D eigenvalue weighted by molar-refractivity contribution is -0.144. The summed E-state index contributed by atoms with van der Waals surface area (Å²) in [5, 5.41) is 26.7. The fraction of sp³-hybridized carbons (Fsp3) is 0.396. The van der Waals surface area contributed by atoms with E-state index in [0.717, 1.165) is 76.5 Å². The third-order valence-corrected chi connectivity index (χ3v) is 16.0. The van der Waals surface area contributed by atoms with E-state index >= 15 is 0 Å². The number of hydrogen-bond acceptors (Lipinski definition) is 12. The molecule has 358 valence electrons. The van der Waals surface area contributed by atoms with E-state index in [-0.39, 0.29) is 61.0 Å². The predicted octanol–water partition coefficient (Wildman–Crippen LogP) is 8.28. The van der Waals surface area contributed by atoms with E-state index in [1.165, 1.54) is 12.0 Å². The van der Waals surface area contributed by atoms with Gasteiger partial charge in [-0.15, -0.1) is 32.9 Å². The Morgan fingerprint density at radius 1 is 0.855 bits per heavy atom. The van der Waals surface area contributed by atoms with Crippen molar-refractivity contribution in [2.24, 2.45) is 16.3 Å². The molecular weight excluding hydrogens is 909 g/mol. The Balaban J connectivity index is 0.854. The number of methoxy groups -OCH3 is 1. The summed E-state index contributed by atoms with van der Waals surface area (Å²) >= 11 is 3.24. The number of thiophene rings is 1. The van der Waals surface area contributed by atoms with Crippen LogP contribution in [0.4, 0.5) is 0 Å². The molecule has 3 amide bonds. The van der Waals surface area contributed by atoms with E-state index < -0.39 is 29.6 Å². The molecule has 3 aromatic heterocycles. The molecule has 3 aliphatic rings. The highest BCUT2D eigenvalue weighted by molar-refractivity contribution is 7.15. The van der Waals surface area contributed by atoms with E-state index in [4.69, 9.17) is 9.73 Å². The van der Waals surface area contributed by atoms with Crippen LogP contribution >= 0.6 is 22.7 Å². The van der Waals surface area contributed by atoms with Gasteiger partial charge in [-0.1, -0.05) is 93.6 Å². The molecule has 14 nitrogen and oxygen atoms in total. The van der Waals surface area contributed by atoms with Crippen molar-refractivity contribution in [2.75, 3.05) is 13.7 Å². The minimum Gasteiger partial charge on any atom is -0.469 e. The third kappa shape index (κ3) is 9.41. The molecular formula is C53H58N8O6S2. The number of ether oxygens (including phenoxy) is 1. The third-order valence-electron chi connectivity index (χ3n) is 13.8. The quantitative estimate of drug-likeness (QED) is 0.102. The van der Waals surface area contributed by atoms with Crippen molar-refractivity contribution >= 4 is 52.1 Å². The molecule has 3 aromatic carbocycles. The van der Waals surface area contributed by atoms with E-state index in [0.29, 0.717) is 12.2 Å². The number of aliphatic hydroxyl groups excluding tert-OH is 1. The number of benzene rings is 3. The summed E-state index contributed by atoms with van der Waals surface area (Å²) in [7, 11) is 1.37. The minimum atomic E-state index is -0.914. The van der Waals surface area contributed by atoms with E-state index in [1.807, 2.05) is 75.9 Å². The molecule has 1 aliphatic carbocycles. The molecule has 5 heterocycles. The summed E-state index contributed by atoms with van der Waals surface area (Å²) in [6, 6.07) is 21.8. The highest BCUT2D eigenvalue weighted by Gasteiger charge is 2.49. The van der Waals surface area contributed by atoms with Crippen molar-refractivity contribution in [1.29, 1.82) is 0 Å². The van der Waals surface area contributed by atoms with Crippen LogP contribution in [0.5, 0.6) is 0 Å². The zero-order valence-electron chi connectivity index (χ0n) is 40.4. The topological polar surface area (TPSA) is 181 Å². The lowest BCUT2D eigenvalue weighted by atomic mass is 9.85. The van der Waals surface area contributed by atoms with Gasteiger partial charge >= 0.3 is 5.97 Å². The molecule has 2 aliphatic heterocycles. The fourth-order valence-electron chi connectivity index (χ4n) is 9.63. The second-order valence-corrected chi connectivity index (χ2v) is 21.7. The zero-order chi connectivity index (χ0) is 49.1. The van der Waals surface area contributed by atoms with Gasteiger partial charge in [-0.05, 0) is 85.8 Å². The summed E-state index contributed by atoms with van der Waals surface area (Å²) < 4.78 is 7.06. The van der Waals surface area contributed by atoms with Gasteiger partial charge in [0.15, 0.2) is 5.82 Å². The van der Waals surface area contributed by atoms with Gasteiger partial charge in [-0.2, -0.15) is 0 Å². The number of nitrogens with zero attached hydrogens (tertiary/aromatic N) is 6. The number of esters is 1. The van der Waals surface area contributed by atoms with Gasteiger partial charge in [-0.3, -0.25) is 28.7 Å². The number of thiazole rings is 1. The van der Waals surface area contributed by atoms with Gasteiger partial charge in [0.1, 0.15) is 29.0 Å². The molecule has 16 heteroatoms. The number of aryl methyl sites for hydroxylation is 3. The molecule has 0 spiro atoms. The number of aliphatic hydroxyl groups is 1. The van der Waals surface area contributed by atoms with E-state index in [2.05, 4.69) is 88.2 Å². The number of amides is 3. The van der Waals surface area contributed by atoms with Crippen LogP contribution in [-0.2, 0) is 23.9 Å². The van der Waals surface area contributed by atoms with Crippen molar-refractivity contribution in [3.05, 3.63) is 128 Å². The van der Waals surface area contributed by atoms with Gasteiger partial charge in [0.25, 0.3) is 0 Å². The first kappa shape index (κ1) is 47.7. The monoisotopic (exact) mass is 966 g/mol. The van der Waals surface area contributed by atoms with Crippen LogP contribution in [0.1, 0.15) is 115 Å². The van der Waals surface area contributed by atoms with Crippen molar-refractivity contribution in [3.8, 4) is 26.6 Å². The minimum absolute atomic E-state index is 0.00274. The van der Waals surface area contributed by atoms with Gasteiger partial charge in [0, 0.05) is 34.9 Å². The van der Waals surface area contributed by atoms with Gasteiger partial charge < -0.3 is 25.4 Å². The lowest BCUT2D eigenvalue weighted by Gasteiger charge is -2.35. The lowest BCUT2D eigenvalue weighted by Crippen LogP contribution is -2.58. The molecule has 3 N–H and O–H groups in total. The second kappa shape index (κ2) is 18.9. The summed E-state index contributed by atoms with van der Waals surface area (Å²) in [6.07, 6.45) is -0.0750. The number of aromatic nitrogens is 4. The van der Waals surface area contributed by atoms with Crippen LogP contribution in [-0.4, -0.2) is 91.0 Å². The predicted molar refractivity (Wildman–Crippen MR) is 268 cm³/mol. The van der Waals surface area contributed by atoms with Gasteiger partial charge in [0.05, 0.1) is 47.5 Å². The van der Waals surface area contributed by atoms with Crippen LogP contribution < -0.4 is 10.6 Å². The largest absolute Gasteiger partial charge is 0.469 e. The summed E-state index contributed by atoms with van der Waals surface area (Å²) in [6.45, 7) is 15.7. The number of carbonyl (C=O) groups excluding carboxylic acids is 4. The molecule has 0 unspecified atom stereocenters. The molecule has 0 radical (unpaired) electrons. The van der Waals surface area contributed by atoms with E-state index in [9.17, 15) is 24.3 Å². The molecule has 1 saturated heterocycles. The van der Waals surface area contributed by atoms with Crippen LogP contribution in [0.3, 0.4) is 0 Å². The standard InChI is InChI=1S/C53H58N8O6S2/c1-27-30(4)69-52-44(27)45(56-41(24-43(63)67-9)48-59-58-31(5)61(48)52)36-18-14-34(15-19-36)33-12-16-35(17-13-33)39-23-40(39)49(64)57-47(53(6,7)8)51(66)60-25-38(62)22-42(60)50(65)55-28(2)32-10-20-37(21-11-32)46-29(3)54-26-68-46/h10-21,26,28,38-42,47,62H,22-25H2,1-9H3,(H,55,65)(H,57,64)/t28-,38+,39+,40+,41-,42-,47+/m0/s1.